The van der Waals surface area contributed by atoms with E-state index < -0.39 is 0 Å². The normalized spacial score (nSPS) is 10.2. The highest BCUT2D eigenvalue weighted by molar-refractivity contribution is 7.80. The number of thiocarbonyl (C=S) groups is 1. The zero-order valence-electron chi connectivity index (χ0n) is 15.0. The Morgan fingerprint density at radius 1 is 0.964 bits per heavy atom. The fourth-order valence-electron chi connectivity index (χ4n) is 2.56. The minimum atomic E-state index is -0.324. The molecule has 0 aromatic heterocycles. The smallest absolute Gasteiger partial charge is 0.257 e. The molecule has 0 bridgehead atoms. The summed E-state index contributed by atoms with van der Waals surface area (Å²) in [6, 6.07) is 24.3. The maximum absolute atomic E-state index is 12.2. The Labute approximate surface area is 174 Å². The lowest BCUT2D eigenvalue weighted by Gasteiger charge is -2.12. The highest BCUT2D eigenvalue weighted by atomic mass is 35.5. The van der Waals surface area contributed by atoms with E-state index in [4.69, 9.17) is 28.6 Å². The number of hydrogen-bond acceptors (Lipinski definition) is 3. The van der Waals surface area contributed by atoms with Crippen LogP contribution in [-0.4, -0.2) is 17.6 Å². The highest BCUT2D eigenvalue weighted by Crippen LogP contribution is 2.18. The molecule has 2 N–H and O–H groups in total. The third-order valence-electron chi connectivity index (χ3n) is 3.91. The summed E-state index contributed by atoms with van der Waals surface area (Å²) in [5, 5.41) is 6.32. The van der Waals surface area contributed by atoms with Crippen LogP contribution in [0.5, 0.6) is 5.75 Å². The SMILES string of the molecule is O=C(NC(=S)Nc1cccc(OCCc2ccccc2)c1)c1cccc(Cl)c1. The molecule has 0 saturated heterocycles. The molecule has 0 unspecified atom stereocenters. The van der Waals surface area contributed by atoms with Crippen LogP contribution in [0, 0.1) is 0 Å². The third-order valence-corrected chi connectivity index (χ3v) is 4.35. The molecule has 0 aliphatic carbocycles. The number of nitrogens with one attached hydrogen (secondary N) is 2. The lowest BCUT2D eigenvalue weighted by molar-refractivity contribution is 0.0977. The number of hydrogen-bond donors (Lipinski definition) is 2. The monoisotopic (exact) mass is 410 g/mol. The maximum Gasteiger partial charge on any atom is 0.257 e. The second kappa shape index (κ2) is 9.88. The summed E-state index contributed by atoms with van der Waals surface area (Å²) < 4.78 is 5.81. The predicted molar refractivity (Wildman–Crippen MR) is 117 cm³/mol. The number of carbonyl (C=O) groups excluding carboxylic acids is 1. The van der Waals surface area contributed by atoms with Crippen molar-refractivity contribution in [2.24, 2.45) is 0 Å². The second-order valence-electron chi connectivity index (χ2n) is 6.03. The van der Waals surface area contributed by atoms with E-state index in [2.05, 4.69) is 22.8 Å². The number of amides is 1. The zero-order chi connectivity index (χ0) is 19.8. The summed E-state index contributed by atoms with van der Waals surface area (Å²) >= 11 is 11.1. The maximum atomic E-state index is 12.2. The van der Waals surface area contributed by atoms with Gasteiger partial charge in [-0.1, -0.05) is 54.1 Å². The third kappa shape index (κ3) is 6.08. The van der Waals surface area contributed by atoms with E-state index in [1.165, 1.54) is 5.56 Å². The van der Waals surface area contributed by atoms with Crippen LogP contribution in [0.2, 0.25) is 5.02 Å². The largest absolute Gasteiger partial charge is 0.493 e. The van der Waals surface area contributed by atoms with Crippen LogP contribution in [0.15, 0.2) is 78.9 Å². The number of halogens is 1. The molecule has 6 heteroatoms. The molecule has 0 aliphatic rings. The Kier molecular flexibility index (Phi) is 7.00. The van der Waals surface area contributed by atoms with Crippen molar-refractivity contribution in [1.29, 1.82) is 0 Å². The van der Waals surface area contributed by atoms with Crippen molar-refractivity contribution in [1.82, 2.24) is 5.32 Å². The quantitative estimate of drug-likeness (QED) is 0.556. The number of benzene rings is 3. The van der Waals surface area contributed by atoms with E-state index in [1.54, 1.807) is 24.3 Å². The summed E-state index contributed by atoms with van der Waals surface area (Å²) in [6.45, 7) is 0.573. The molecular weight excluding hydrogens is 392 g/mol. The fraction of sp³-hybridized carbons (Fsp3) is 0.0909. The first-order chi connectivity index (χ1) is 13.6. The summed E-state index contributed by atoms with van der Waals surface area (Å²) in [4.78, 5) is 12.2. The molecule has 0 aliphatic heterocycles. The summed E-state index contributed by atoms with van der Waals surface area (Å²) in [5.41, 5.74) is 2.39. The Morgan fingerprint density at radius 3 is 2.54 bits per heavy atom. The van der Waals surface area contributed by atoms with Gasteiger partial charge < -0.3 is 10.1 Å². The Hall–Kier alpha value is -2.89. The second-order valence-corrected chi connectivity index (χ2v) is 6.88. The average molecular weight is 411 g/mol. The predicted octanol–water partition coefficient (Wildman–Crippen LogP) is 5.09. The first kappa shape index (κ1) is 19.9. The molecule has 0 spiro atoms. The van der Waals surface area contributed by atoms with E-state index in [0.29, 0.717) is 17.2 Å². The van der Waals surface area contributed by atoms with E-state index in [1.807, 2.05) is 42.5 Å². The topological polar surface area (TPSA) is 50.4 Å². The van der Waals surface area contributed by atoms with Gasteiger partial charge >= 0.3 is 0 Å². The van der Waals surface area contributed by atoms with Gasteiger partial charge in [0.2, 0.25) is 0 Å². The fourth-order valence-corrected chi connectivity index (χ4v) is 2.96. The molecule has 28 heavy (non-hydrogen) atoms. The Bertz CT molecular complexity index is 964. The molecule has 3 rings (SSSR count). The van der Waals surface area contributed by atoms with Gasteiger partial charge in [-0.15, -0.1) is 0 Å². The molecule has 0 fully saturated rings. The highest BCUT2D eigenvalue weighted by Gasteiger charge is 2.08. The first-order valence-corrected chi connectivity index (χ1v) is 9.53. The van der Waals surface area contributed by atoms with Crippen molar-refractivity contribution in [3.05, 3.63) is 95.0 Å². The van der Waals surface area contributed by atoms with E-state index in [-0.39, 0.29) is 11.0 Å². The first-order valence-electron chi connectivity index (χ1n) is 8.75. The lowest BCUT2D eigenvalue weighted by Crippen LogP contribution is -2.34. The zero-order valence-corrected chi connectivity index (χ0v) is 16.6. The van der Waals surface area contributed by atoms with E-state index in [9.17, 15) is 4.79 Å². The average Bonchev–Trinajstić information content (AvgIpc) is 2.69. The van der Waals surface area contributed by atoms with Crippen LogP contribution in [-0.2, 0) is 6.42 Å². The van der Waals surface area contributed by atoms with Crippen LogP contribution in [0.3, 0.4) is 0 Å². The van der Waals surface area contributed by atoms with Crippen molar-refractivity contribution in [2.45, 2.75) is 6.42 Å². The van der Waals surface area contributed by atoms with Crippen LogP contribution in [0.4, 0.5) is 5.69 Å². The van der Waals surface area contributed by atoms with Gasteiger partial charge in [0.1, 0.15) is 5.75 Å². The van der Waals surface area contributed by atoms with Gasteiger partial charge in [0.25, 0.3) is 5.91 Å². The van der Waals surface area contributed by atoms with E-state index >= 15 is 0 Å². The molecule has 1 amide bonds. The molecule has 0 heterocycles. The molecule has 4 nitrogen and oxygen atoms in total. The Morgan fingerprint density at radius 2 is 1.75 bits per heavy atom. The molecule has 3 aromatic rings. The van der Waals surface area contributed by atoms with Gasteiger partial charge in [-0.05, 0) is 48.1 Å². The van der Waals surface area contributed by atoms with Crippen LogP contribution < -0.4 is 15.4 Å². The van der Waals surface area contributed by atoms with Gasteiger partial charge in [0.05, 0.1) is 6.61 Å². The van der Waals surface area contributed by atoms with Crippen molar-refractivity contribution in [2.75, 3.05) is 11.9 Å². The molecular formula is C22H19ClN2O2S. The molecule has 3 aromatic carbocycles. The van der Waals surface area contributed by atoms with Gasteiger partial charge in [-0.2, -0.15) is 0 Å². The number of anilines is 1. The summed E-state index contributed by atoms with van der Waals surface area (Å²) in [5.74, 6) is 0.403. The van der Waals surface area contributed by atoms with Crippen molar-refractivity contribution in [3.63, 3.8) is 0 Å². The standard InChI is InChI=1S/C22H19ClN2O2S/c23-18-9-4-8-17(14-18)21(26)25-22(28)24-19-10-5-11-20(15-19)27-13-12-16-6-2-1-3-7-16/h1-11,14-15H,12-13H2,(H2,24,25,26,28). The van der Waals surface area contributed by atoms with Gasteiger partial charge in [-0.25, -0.2) is 0 Å². The molecule has 142 valence electrons. The minimum Gasteiger partial charge on any atom is -0.493 e. The van der Waals surface area contributed by atoms with Gasteiger partial charge in [-0.3, -0.25) is 10.1 Å². The Balaban J connectivity index is 1.52. The number of carbonyl (C=O) groups is 1. The number of ether oxygens (including phenoxy) is 1. The molecule has 0 radical (unpaired) electrons. The van der Waals surface area contributed by atoms with Crippen molar-refractivity contribution in [3.8, 4) is 5.75 Å². The molecule has 0 saturated carbocycles. The summed E-state index contributed by atoms with van der Waals surface area (Å²) in [6.07, 6.45) is 0.826. The van der Waals surface area contributed by atoms with Gasteiger partial charge in [0.15, 0.2) is 5.11 Å². The van der Waals surface area contributed by atoms with Crippen LogP contribution in [0.1, 0.15) is 15.9 Å². The van der Waals surface area contributed by atoms with Crippen molar-refractivity contribution >= 4 is 40.5 Å². The molecule has 0 atom stereocenters. The number of rotatable bonds is 6. The van der Waals surface area contributed by atoms with Crippen LogP contribution >= 0.6 is 23.8 Å². The van der Waals surface area contributed by atoms with Crippen molar-refractivity contribution < 1.29 is 9.53 Å². The van der Waals surface area contributed by atoms with E-state index in [0.717, 1.165) is 17.9 Å². The van der Waals surface area contributed by atoms with Gasteiger partial charge in [0, 0.05) is 28.8 Å². The minimum absolute atomic E-state index is 0.200. The summed E-state index contributed by atoms with van der Waals surface area (Å²) in [7, 11) is 0. The lowest BCUT2D eigenvalue weighted by atomic mass is 10.2. The van der Waals surface area contributed by atoms with Crippen LogP contribution in [0.25, 0.3) is 0 Å².